The molecule has 0 saturated heterocycles. The fraction of sp³-hybridized carbons (Fsp3) is 0.308. The molecule has 0 amide bonds. The summed E-state index contributed by atoms with van der Waals surface area (Å²) in [7, 11) is 1.33. The van der Waals surface area contributed by atoms with Crippen LogP contribution in [0.5, 0.6) is 5.75 Å². The van der Waals surface area contributed by atoms with Gasteiger partial charge in [-0.3, -0.25) is 0 Å². The Bertz CT molecular complexity index is 408. The number of rotatable bonds is 4. The highest BCUT2D eigenvalue weighted by molar-refractivity contribution is 5.71. The van der Waals surface area contributed by atoms with Crippen LogP contribution in [-0.4, -0.2) is 19.7 Å². The Kier molecular flexibility index (Phi) is 4.11. The SMILES string of the molecule is C=C(C)c1ccc(OCC(=O)OC)cc1C. The maximum absolute atomic E-state index is 10.9. The van der Waals surface area contributed by atoms with Crippen molar-refractivity contribution in [2.24, 2.45) is 0 Å². The van der Waals surface area contributed by atoms with Crippen molar-refractivity contribution in [1.82, 2.24) is 0 Å². The smallest absolute Gasteiger partial charge is 0.343 e. The first-order valence-corrected chi connectivity index (χ1v) is 5.00. The number of benzene rings is 1. The lowest BCUT2D eigenvalue weighted by molar-refractivity contribution is -0.142. The van der Waals surface area contributed by atoms with Crippen LogP contribution in [0.3, 0.4) is 0 Å². The van der Waals surface area contributed by atoms with Gasteiger partial charge in [-0.25, -0.2) is 4.79 Å². The topological polar surface area (TPSA) is 35.5 Å². The van der Waals surface area contributed by atoms with Crippen LogP contribution in [0.1, 0.15) is 18.1 Å². The zero-order chi connectivity index (χ0) is 12.1. The van der Waals surface area contributed by atoms with E-state index in [-0.39, 0.29) is 12.6 Å². The summed E-state index contributed by atoms with van der Waals surface area (Å²) in [4.78, 5) is 10.9. The van der Waals surface area contributed by atoms with E-state index in [1.807, 2.05) is 32.0 Å². The van der Waals surface area contributed by atoms with Crippen molar-refractivity contribution in [3.63, 3.8) is 0 Å². The van der Waals surface area contributed by atoms with E-state index in [9.17, 15) is 4.79 Å². The standard InChI is InChI=1S/C13H16O3/c1-9(2)12-6-5-11(7-10(12)3)16-8-13(14)15-4/h5-7H,1,8H2,2-4H3. The first-order chi connectivity index (χ1) is 7.54. The maximum Gasteiger partial charge on any atom is 0.343 e. The van der Waals surface area contributed by atoms with Crippen LogP contribution in [0.25, 0.3) is 5.57 Å². The monoisotopic (exact) mass is 220 g/mol. The molecule has 0 saturated carbocycles. The molecule has 86 valence electrons. The van der Waals surface area contributed by atoms with E-state index in [1.54, 1.807) is 0 Å². The van der Waals surface area contributed by atoms with Gasteiger partial charge in [0, 0.05) is 0 Å². The number of hydrogen-bond donors (Lipinski definition) is 0. The quantitative estimate of drug-likeness (QED) is 0.731. The van der Waals surface area contributed by atoms with Gasteiger partial charge in [0.25, 0.3) is 0 Å². The summed E-state index contributed by atoms with van der Waals surface area (Å²) < 4.78 is 9.76. The summed E-state index contributed by atoms with van der Waals surface area (Å²) in [5, 5.41) is 0. The predicted molar refractivity (Wildman–Crippen MR) is 63.4 cm³/mol. The lowest BCUT2D eigenvalue weighted by Gasteiger charge is -2.09. The average Bonchev–Trinajstić information content (AvgIpc) is 2.25. The number of carbonyl (C=O) groups excluding carboxylic acids is 1. The van der Waals surface area contributed by atoms with E-state index in [0.29, 0.717) is 5.75 Å². The van der Waals surface area contributed by atoms with Gasteiger partial charge in [-0.2, -0.15) is 0 Å². The number of esters is 1. The summed E-state index contributed by atoms with van der Waals surface area (Å²) in [6.07, 6.45) is 0. The molecule has 0 radical (unpaired) electrons. The highest BCUT2D eigenvalue weighted by Gasteiger charge is 2.04. The molecular formula is C13H16O3. The molecule has 0 bridgehead atoms. The Morgan fingerprint density at radius 3 is 2.62 bits per heavy atom. The largest absolute Gasteiger partial charge is 0.482 e. The number of carbonyl (C=O) groups is 1. The first kappa shape index (κ1) is 12.3. The van der Waals surface area contributed by atoms with Crippen molar-refractivity contribution in [1.29, 1.82) is 0 Å². The zero-order valence-electron chi connectivity index (χ0n) is 9.87. The second-order valence-corrected chi connectivity index (χ2v) is 3.62. The molecule has 0 unspecified atom stereocenters. The maximum atomic E-state index is 10.9. The zero-order valence-corrected chi connectivity index (χ0v) is 9.87. The van der Waals surface area contributed by atoms with Gasteiger partial charge in [0.15, 0.2) is 6.61 Å². The van der Waals surface area contributed by atoms with Gasteiger partial charge < -0.3 is 9.47 Å². The number of allylic oxidation sites excluding steroid dienone is 1. The minimum absolute atomic E-state index is 0.0671. The molecule has 0 fully saturated rings. The predicted octanol–water partition coefficient (Wildman–Crippen LogP) is 2.58. The molecule has 0 atom stereocenters. The molecule has 3 nitrogen and oxygen atoms in total. The van der Waals surface area contributed by atoms with Crippen LogP contribution in [0, 0.1) is 6.92 Å². The third kappa shape index (κ3) is 3.12. The van der Waals surface area contributed by atoms with Gasteiger partial charge >= 0.3 is 5.97 Å². The van der Waals surface area contributed by atoms with Crippen LogP contribution < -0.4 is 4.74 Å². The summed E-state index contributed by atoms with van der Waals surface area (Å²) in [5.41, 5.74) is 3.19. The third-order valence-corrected chi connectivity index (χ3v) is 2.24. The molecule has 1 aromatic carbocycles. The van der Waals surface area contributed by atoms with Crippen molar-refractivity contribution in [3.8, 4) is 5.75 Å². The highest BCUT2D eigenvalue weighted by atomic mass is 16.6. The van der Waals surface area contributed by atoms with Crippen LogP contribution in [0.4, 0.5) is 0 Å². The highest BCUT2D eigenvalue weighted by Crippen LogP contribution is 2.22. The Morgan fingerprint density at radius 1 is 1.44 bits per heavy atom. The van der Waals surface area contributed by atoms with Crippen molar-refractivity contribution >= 4 is 11.5 Å². The fourth-order valence-corrected chi connectivity index (χ4v) is 1.41. The molecule has 1 rings (SSSR count). The summed E-state index contributed by atoms with van der Waals surface area (Å²) in [6, 6.07) is 5.64. The van der Waals surface area contributed by atoms with Crippen LogP contribution in [0.15, 0.2) is 24.8 Å². The molecule has 3 heteroatoms. The molecular weight excluding hydrogens is 204 g/mol. The van der Waals surface area contributed by atoms with Crippen LogP contribution in [0.2, 0.25) is 0 Å². The molecule has 16 heavy (non-hydrogen) atoms. The summed E-state index contributed by atoms with van der Waals surface area (Å²) in [5.74, 6) is 0.273. The Hall–Kier alpha value is -1.77. The van der Waals surface area contributed by atoms with Gasteiger partial charge in [0.1, 0.15) is 5.75 Å². The Morgan fingerprint density at radius 2 is 2.12 bits per heavy atom. The molecule has 0 N–H and O–H groups in total. The number of aryl methyl sites for hydroxylation is 1. The molecule has 0 aromatic heterocycles. The third-order valence-electron chi connectivity index (χ3n) is 2.24. The van der Waals surface area contributed by atoms with Gasteiger partial charge in [-0.1, -0.05) is 18.2 Å². The fourth-order valence-electron chi connectivity index (χ4n) is 1.41. The van der Waals surface area contributed by atoms with Crippen molar-refractivity contribution in [2.45, 2.75) is 13.8 Å². The second kappa shape index (κ2) is 5.35. The van der Waals surface area contributed by atoms with Gasteiger partial charge in [0.05, 0.1) is 7.11 Å². The van der Waals surface area contributed by atoms with E-state index in [0.717, 1.165) is 16.7 Å². The first-order valence-electron chi connectivity index (χ1n) is 5.00. The minimum Gasteiger partial charge on any atom is -0.482 e. The Labute approximate surface area is 95.7 Å². The van der Waals surface area contributed by atoms with Gasteiger partial charge in [0.2, 0.25) is 0 Å². The number of hydrogen-bond acceptors (Lipinski definition) is 3. The van der Waals surface area contributed by atoms with Crippen molar-refractivity contribution in [3.05, 3.63) is 35.9 Å². The average molecular weight is 220 g/mol. The van der Waals surface area contributed by atoms with E-state index in [1.165, 1.54) is 7.11 Å². The van der Waals surface area contributed by atoms with Crippen LogP contribution >= 0.6 is 0 Å². The molecule has 0 aliphatic carbocycles. The second-order valence-electron chi connectivity index (χ2n) is 3.62. The van der Waals surface area contributed by atoms with Gasteiger partial charge in [-0.15, -0.1) is 0 Å². The minimum atomic E-state index is -0.387. The summed E-state index contributed by atoms with van der Waals surface area (Å²) in [6.45, 7) is 7.76. The number of ether oxygens (including phenoxy) is 2. The van der Waals surface area contributed by atoms with E-state index < -0.39 is 0 Å². The molecule has 0 aliphatic heterocycles. The lowest BCUT2D eigenvalue weighted by Crippen LogP contribution is -2.12. The van der Waals surface area contributed by atoms with Crippen molar-refractivity contribution < 1.29 is 14.3 Å². The molecule has 1 aromatic rings. The molecule has 0 heterocycles. The van der Waals surface area contributed by atoms with E-state index in [2.05, 4.69) is 11.3 Å². The van der Waals surface area contributed by atoms with Gasteiger partial charge in [-0.05, 0) is 37.1 Å². The molecule has 0 aliphatic rings. The lowest BCUT2D eigenvalue weighted by atomic mass is 10.0. The number of methoxy groups -OCH3 is 1. The van der Waals surface area contributed by atoms with E-state index >= 15 is 0 Å². The van der Waals surface area contributed by atoms with Crippen molar-refractivity contribution in [2.75, 3.05) is 13.7 Å². The van der Waals surface area contributed by atoms with E-state index in [4.69, 9.17) is 4.74 Å². The Balaban J connectivity index is 2.74. The van der Waals surface area contributed by atoms with Crippen LogP contribution in [-0.2, 0) is 9.53 Å². The summed E-state index contributed by atoms with van der Waals surface area (Å²) >= 11 is 0. The molecule has 0 spiro atoms. The normalized spacial score (nSPS) is 9.69.